The molecule has 1 amide bonds. The molecule has 1 aliphatic heterocycles. The van der Waals surface area contributed by atoms with Gasteiger partial charge in [0.15, 0.2) is 23.8 Å². The molecule has 178 valence electrons. The highest BCUT2D eigenvalue weighted by Crippen LogP contribution is 2.39. The van der Waals surface area contributed by atoms with Crippen molar-refractivity contribution in [2.24, 2.45) is 15.4 Å². The first-order valence-corrected chi connectivity index (χ1v) is 10.9. The SMILES string of the molecule is COc1ccc(/C=N/OCC(=O)N=Nc2c(O)n(CN3CCCC3)c3ccccc23)cc1OC. The number of carbonyl (C=O) groups is 1. The summed E-state index contributed by atoms with van der Waals surface area (Å²) in [4.78, 5) is 19.5. The van der Waals surface area contributed by atoms with Crippen LogP contribution in [0.15, 0.2) is 57.8 Å². The van der Waals surface area contributed by atoms with Gasteiger partial charge in [0.05, 0.1) is 32.6 Å². The van der Waals surface area contributed by atoms with Crippen molar-refractivity contribution in [1.82, 2.24) is 9.47 Å². The van der Waals surface area contributed by atoms with E-state index in [2.05, 4.69) is 20.3 Å². The van der Waals surface area contributed by atoms with E-state index in [0.29, 0.717) is 23.7 Å². The van der Waals surface area contributed by atoms with Crippen LogP contribution in [0.1, 0.15) is 18.4 Å². The van der Waals surface area contributed by atoms with Crippen molar-refractivity contribution in [1.29, 1.82) is 0 Å². The predicted octanol–water partition coefficient (Wildman–Crippen LogP) is 4.08. The van der Waals surface area contributed by atoms with Crippen LogP contribution in [0.5, 0.6) is 17.4 Å². The number of amides is 1. The Balaban J connectivity index is 1.40. The van der Waals surface area contributed by atoms with Gasteiger partial charge in [-0.15, -0.1) is 10.2 Å². The van der Waals surface area contributed by atoms with Gasteiger partial charge in [-0.2, -0.15) is 0 Å². The van der Waals surface area contributed by atoms with Crippen molar-refractivity contribution in [2.75, 3.05) is 33.9 Å². The Labute approximate surface area is 197 Å². The molecule has 10 heteroatoms. The van der Waals surface area contributed by atoms with Crippen LogP contribution >= 0.6 is 0 Å². The number of likely N-dealkylation sites (tertiary alicyclic amines) is 1. The molecular formula is C24H27N5O5. The van der Waals surface area contributed by atoms with Gasteiger partial charge in [0, 0.05) is 10.9 Å². The van der Waals surface area contributed by atoms with Gasteiger partial charge in [0.25, 0.3) is 0 Å². The zero-order valence-corrected chi connectivity index (χ0v) is 19.2. The van der Waals surface area contributed by atoms with Gasteiger partial charge >= 0.3 is 5.91 Å². The number of hydrogen-bond donors (Lipinski definition) is 1. The molecule has 34 heavy (non-hydrogen) atoms. The minimum absolute atomic E-state index is 0.0166. The summed E-state index contributed by atoms with van der Waals surface area (Å²) in [5.74, 6) is 0.513. The lowest BCUT2D eigenvalue weighted by Crippen LogP contribution is -2.22. The second-order valence-corrected chi connectivity index (χ2v) is 7.80. The molecule has 0 atom stereocenters. The Kier molecular flexibility index (Phi) is 7.38. The quantitative estimate of drug-likeness (QED) is 0.290. The lowest BCUT2D eigenvalue weighted by atomic mass is 10.2. The Morgan fingerprint density at radius 1 is 1.09 bits per heavy atom. The number of rotatable bonds is 9. The van der Waals surface area contributed by atoms with Crippen LogP contribution in [-0.2, 0) is 16.3 Å². The van der Waals surface area contributed by atoms with E-state index in [1.54, 1.807) is 37.0 Å². The summed E-state index contributed by atoms with van der Waals surface area (Å²) in [6.45, 7) is 2.15. The number of aromatic hydroxyl groups is 1. The molecule has 0 unspecified atom stereocenters. The van der Waals surface area contributed by atoms with E-state index < -0.39 is 5.91 Å². The lowest BCUT2D eigenvalue weighted by Gasteiger charge is -2.17. The Bertz CT molecular complexity index is 1210. The van der Waals surface area contributed by atoms with Crippen molar-refractivity contribution in [3.8, 4) is 17.4 Å². The van der Waals surface area contributed by atoms with Crippen LogP contribution in [0, 0.1) is 0 Å². The summed E-state index contributed by atoms with van der Waals surface area (Å²) < 4.78 is 12.2. The molecule has 1 N–H and O–H groups in total. The summed E-state index contributed by atoms with van der Waals surface area (Å²) in [5.41, 5.74) is 1.81. The van der Waals surface area contributed by atoms with Crippen LogP contribution in [0.2, 0.25) is 0 Å². The summed E-state index contributed by atoms with van der Waals surface area (Å²) in [6, 6.07) is 12.8. The van der Waals surface area contributed by atoms with E-state index in [1.807, 2.05) is 24.3 Å². The Morgan fingerprint density at radius 3 is 2.62 bits per heavy atom. The van der Waals surface area contributed by atoms with Crippen molar-refractivity contribution >= 4 is 28.7 Å². The highest BCUT2D eigenvalue weighted by atomic mass is 16.6. The minimum atomic E-state index is -0.625. The second-order valence-electron chi connectivity index (χ2n) is 7.80. The largest absolute Gasteiger partial charge is 0.493 e. The van der Waals surface area contributed by atoms with E-state index >= 15 is 0 Å². The topological polar surface area (TPSA) is 110 Å². The Hall–Kier alpha value is -3.92. The second kappa shape index (κ2) is 10.8. The summed E-state index contributed by atoms with van der Waals surface area (Å²) in [5, 5.41) is 23.1. The van der Waals surface area contributed by atoms with Gasteiger partial charge in [-0.1, -0.05) is 23.4 Å². The highest BCUT2D eigenvalue weighted by Gasteiger charge is 2.20. The number of ether oxygens (including phenoxy) is 2. The van der Waals surface area contributed by atoms with Gasteiger partial charge < -0.3 is 19.4 Å². The fourth-order valence-corrected chi connectivity index (χ4v) is 3.90. The van der Waals surface area contributed by atoms with Gasteiger partial charge in [-0.3, -0.25) is 14.3 Å². The van der Waals surface area contributed by atoms with Crippen molar-refractivity contribution in [3.05, 3.63) is 48.0 Å². The summed E-state index contributed by atoms with van der Waals surface area (Å²) in [7, 11) is 3.10. The normalized spacial score (nSPS) is 14.4. The first-order chi connectivity index (χ1) is 16.6. The average Bonchev–Trinajstić information content (AvgIpc) is 3.47. The molecule has 2 heterocycles. The highest BCUT2D eigenvalue weighted by molar-refractivity contribution is 5.95. The van der Waals surface area contributed by atoms with E-state index in [-0.39, 0.29) is 18.2 Å². The van der Waals surface area contributed by atoms with Crippen LogP contribution in [0.25, 0.3) is 10.9 Å². The van der Waals surface area contributed by atoms with Gasteiger partial charge in [-0.25, -0.2) is 0 Å². The zero-order chi connectivity index (χ0) is 23.9. The maximum absolute atomic E-state index is 12.2. The van der Waals surface area contributed by atoms with E-state index in [9.17, 15) is 9.90 Å². The molecule has 0 bridgehead atoms. The monoisotopic (exact) mass is 465 g/mol. The standard InChI is InChI=1S/C24H27N5O5/c1-32-20-10-9-17(13-21(20)33-2)14-25-34-15-22(30)26-27-23-18-7-3-4-8-19(18)29(24(23)31)16-28-11-5-6-12-28/h3-4,7-10,13-14,31H,5-6,11-12,15-16H2,1-2H3/b25-14+,27-26?. The van der Waals surface area contributed by atoms with Crippen LogP contribution in [0.3, 0.4) is 0 Å². The number of carbonyl (C=O) groups excluding carboxylic acids is 1. The zero-order valence-electron chi connectivity index (χ0n) is 19.2. The van der Waals surface area contributed by atoms with E-state index in [0.717, 1.165) is 36.8 Å². The first kappa shape index (κ1) is 23.2. The third-order valence-corrected chi connectivity index (χ3v) is 5.59. The number of methoxy groups -OCH3 is 2. The molecule has 1 aromatic heterocycles. The number of hydrogen-bond acceptors (Lipinski definition) is 8. The molecule has 4 rings (SSSR count). The molecule has 3 aromatic rings. The molecule has 1 fully saturated rings. The molecule has 0 aliphatic carbocycles. The molecule has 10 nitrogen and oxygen atoms in total. The fraction of sp³-hybridized carbons (Fsp3) is 0.333. The van der Waals surface area contributed by atoms with Crippen LogP contribution < -0.4 is 9.47 Å². The molecule has 0 spiro atoms. The third kappa shape index (κ3) is 5.18. The molecule has 1 saturated heterocycles. The Morgan fingerprint density at radius 2 is 1.85 bits per heavy atom. The average molecular weight is 466 g/mol. The number of para-hydroxylation sites is 1. The van der Waals surface area contributed by atoms with Crippen molar-refractivity contribution < 1.29 is 24.2 Å². The van der Waals surface area contributed by atoms with Crippen molar-refractivity contribution in [2.45, 2.75) is 19.5 Å². The minimum Gasteiger partial charge on any atom is -0.493 e. The van der Waals surface area contributed by atoms with E-state index in [4.69, 9.17) is 14.3 Å². The fourth-order valence-electron chi connectivity index (χ4n) is 3.90. The predicted molar refractivity (Wildman–Crippen MR) is 127 cm³/mol. The van der Waals surface area contributed by atoms with Gasteiger partial charge in [0.1, 0.15) is 0 Å². The van der Waals surface area contributed by atoms with Crippen LogP contribution in [0.4, 0.5) is 5.69 Å². The molecule has 0 radical (unpaired) electrons. The smallest absolute Gasteiger partial charge is 0.304 e. The number of fused-ring (bicyclic) bond motifs is 1. The molecule has 1 aliphatic rings. The van der Waals surface area contributed by atoms with Crippen molar-refractivity contribution in [3.63, 3.8) is 0 Å². The van der Waals surface area contributed by atoms with E-state index in [1.165, 1.54) is 6.21 Å². The maximum Gasteiger partial charge on any atom is 0.304 e. The number of benzene rings is 2. The van der Waals surface area contributed by atoms with Gasteiger partial charge in [-0.05, 0) is 50.2 Å². The summed E-state index contributed by atoms with van der Waals surface area (Å²) in [6.07, 6.45) is 3.75. The molecular weight excluding hydrogens is 438 g/mol. The lowest BCUT2D eigenvalue weighted by molar-refractivity contribution is -0.122. The molecule has 0 saturated carbocycles. The van der Waals surface area contributed by atoms with Crippen LogP contribution in [-0.4, -0.2) is 60.6 Å². The maximum atomic E-state index is 12.2. The third-order valence-electron chi connectivity index (χ3n) is 5.59. The molecule has 2 aromatic carbocycles. The number of aromatic nitrogens is 1. The number of azo groups is 1. The first-order valence-electron chi connectivity index (χ1n) is 10.9. The number of nitrogens with zero attached hydrogens (tertiary/aromatic N) is 5. The summed E-state index contributed by atoms with van der Waals surface area (Å²) >= 11 is 0. The van der Waals surface area contributed by atoms with Gasteiger partial charge in [0.2, 0.25) is 5.88 Å². The number of oxime groups is 1.